The molecular weight excluding hydrogens is 345 g/mol. The second-order valence-electron chi connectivity index (χ2n) is 4.09. The van der Waals surface area contributed by atoms with Crippen molar-refractivity contribution in [1.82, 2.24) is 0 Å². The third-order valence-electron chi connectivity index (χ3n) is 2.64. The zero-order chi connectivity index (χ0) is 15.4. The number of carbonyl (C=O) groups excluding carboxylic acids is 1. The third-order valence-corrected chi connectivity index (χ3v) is 3.17. The molecule has 108 valence electrons. The first-order valence-electron chi connectivity index (χ1n) is 5.83. The summed E-state index contributed by atoms with van der Waals surface area (Å²) in [6, 6.07) is 9.41. The first-order valence-corrected chi connectivity index (χ1v) is 6.62. The van der Waals surface area contributed by atoms with Crippen molar-refractivity contribution in [3.05, 3.63) is 68.4 Å². The number of ether oxygens (including phenoxy) is 1. The molecule has 0 aliphatic heterocycles. The highest BCUT2D eigenvalue weighted by Crippen LogP contribution is 2.27. The highest BCUT2D eigenvalue weighted by molar-refractivity contribution is 9.10. The number of halogens is 2. The molecule has 0 atom stereocenters. The van der Waals surface area contributed by atoms with Crippen molar-refractivity contribution in [2.75, 3.05) is 6.61 Å². The maximum atomic E-state index is 13.1. The lowest BCUT2D eigenvalue weighted by Gasteiger charge is -2.06. The van der Waals surface area contributed by atoms with Crippen molar-refractivity contribution in [1.29, 1.82) is 0 Å². The van der Waals surface area contributed by atoms with Crippen LogP contribution >= 0.6 is 15.9 Å². The average Bonchev–Trinajstić information content (AvgIpc) is 2.45. The van der Waals surface area contributed by atoms with Crippen LogP contribution in [0.3, 0.4) is 0 Å². The summed E-state index contributed by atoms with van der Waals surface area (Å²) in [5.74, 6) is -1.31. The van der Waals surface area contributed by atoms with Crippen molar-refractivity contribution in [3.63, 3.8) is 0 Å². The van der Waals surface area contributed by atoms with Gasteiger partial charge in [0.15, 0.2) is 18.1 Å². The number of nitro benzene ring substituents is 1. The number of hydrogen-bond donors (Lipinski definition) is 0. The lowest BCUT2D eigenvalue weighted by molar-refractivity contribution is -0.385. The number of benzene rings is 2. The average molecular weight is 354 g/mol. The van der Waals surface area contributed by atoms with Gasteiger partial charge in [-0.15, -0.1) is 0 Å². The van der Waals surface area contributed by atoms with Crippen molar-refractivity contribution in [2.24, 2.45) is 0 Å². The van der Waals surface area contributed by atoms with Gasteiger partial charge in [0.25, 0.3) is 0 Å². The Bertz CT molecular complexity index is 688. The fraction of sp³-hybridized carbons (Fsp3) is 0.0714. The fourth-order valence-corrected chi connectivity index (χ4v) is 1.88. The summed E-state index contributed by atoms with van der Waals surface area (Å²) in [6.07, 6.45) is 0. The minimum absolute atomic E-state index is 0.273. The Hall–Kier alpha value is -2.28. The molecule has 21 heavy (non-hydrogen) atoms. The summed E-state index contributed by atoms with van der Waals surface area (Å²) in [5, 5.41) is 10.8. The number of ketones is 1. The summed E-state index contributed by atoms with van der Waals surface area (Å²) < 4.78 is 19.0. The number of nitrogens with zero attached hydrogens (tertiary/aromatic N) is 1. The van der Waals surface area contributed by atoms with Gasteiger partial charge in [0.1, 0.15) is 5.82 Å². The van der Waals surface area contributed by atoms with E-state index >= 15 is 0 Å². The Balaban J connectivity index is 2.12. The van der Waals surface area contributed by atoms with Crippen LogP contribution in [-0.2, 0) is 0 Å². The molecule has 2 rings (SSSR count). The van der Waals surface area contributed by atoms with E-state index in [4.69, 9.17) is 4.74 Å². The summed E-state index contributed by atoms with van der Waals surface area (Å²) in [6.45, 7) is -0.411. The number of carbonyl (C=O) groups is 1. The van der Waals surface area contributed by atoms with Gasteiger partial charge in [-0.1, -0.05) is 28.1 Å². The smallest absolute Gasteiger partial charge is 0.311 e. The molecule has 0 aliphatic carbocycles. The van der Waals surface area contributed by atoms with E-state index in [0.717, 1.165) is 22.7 Å². The van der Waals surface area contributed by atoms with E-state index in [1.807, 2.05) is 0 Å². The summed E-state index contributed by atoms with van der Waals surface area (Å²) >= 11 is 3.24. The van der Waals surface area contributed by atoms with E-state index in [-0.39, 0.29) is 17.2 Å². The normalized spacial score (nSPS) is 10.2. The third kappa shape index (κ3) is 3.85. The molecule has 0 saturated heterocycles. The van der Waals surface area contributed by atoms with Gasteiger partial charge in [0.2, 0.25) is 0 Å². The second kappa shape index (κ2) is 6.45. The predicted octanol–water partition coefficient (Wildman–Crippen LogP) is 3.76. The van der Waals surface area contributed by atoms with Gasteiger partial charge >= 0.3 is 5.69 Å². The lowest BCUT2D eigenvalue weighted by atomic mass is 10.1. The SMILES string of the molecule is O=C(COc1cc(F)ccc1[N+](=O)[O-])c1ccc(Br)cc1. The van der Waals surface area contributed by atoms with Gasteiger partial charge in [-0.25, -0.2) is 4.39 Å². The van der Waals surface area contributed by atoms with E-state index in [1.54, 1.807) is 24.3 Å². The van der Waals surface area contributed by atoms with Crippen LogP contribution in [0.25, 0.3) is 0 Å². The summed E-state index contributed by atoms with van der Waals surface area (Å²) in [7, 11) is 0. The van der Waals surface area contributed by atoms with Crippen molar-refractivity contribution in [3.8, 4) is 5.75 Å². The highest BCUT2D eigenvalue weighted by Gasteiger charge is 2.17. The van der Waals surface area contributed by atoms with Gasteiger partial charge in [0, 0.05) is 22.2 Å². The fourth-order valence-electron chi connectivity index (χ4n) is 1.62. The number of hydrogen-bond acceptors (Lipinski definition) is 4. The minimum atomic E-state index is -0.696. The highest BCUT2D eigenvalue weighted by atomic mass is 79.9. The second-order valence-corrected chi connectivity index (χ2v) is 5.00. The molecule has 0 aromatic heterocycles. The quantitative estimate of drug-likeness (QED) is 0.466. The predicted molar refractivity (Wildman–Crippen MR) is 77.0 cm³/mol. The Morgan fingerprint density at radius 3 is 2.52 bits per heavy atom. The van der Waals surface area contributed by atoms with Crippen LogP contribution in [0.1, 0.15) is 10.4 Å². The largest absolute Gasteiger partial charge is 0.478 e. The molecule has 5 nitrogen and oxygen atoms in total. The van der Waals surface area contributed by atoms with E-state index in [0.29, 0.717) is 5.56 Å². The van der Waals surface area contributed by atoms with Gasteiger partial charge in [-0.3, -0.25) is 14.9 Å². The molecule has 0 saturated carbocycles. The van der Waals surface area contributed by atoms with Crippen molar-refractivity contribution < 1.29 is 18.8 Å². The Morgan fingerprint density at radius 1 is 1.24 bits per heavy atom. The van der Waals surface area contributed by atoms with E-state index in [1.165, 1.54) is 0 Å². The molecule has 0 unspecified atom stereocenters. The van der Waals surface area contributed by atoms with Crippen LogP contribution in [0.15, 0.2) is 46.9 Å². The molecule has 2 aromatic carbocycles. The molecule has 0 aliphatic rings. The van der Waals surface area contributed by atoms with E-state index < -0.39 is 17.3 Å². The maximum Gasteiger partial charge on any atom is 0.311 e. The summed E-state index contributed by atoms with van der Waals surface area (Å²) in [5.41, 5.74) is 0.0114. The molecule has 0 fully saturated rings. The Morgan fingerprint density at radius 2 is 1.90 bits per heavy atom. The topological polar surface area (TPSA) is 69.4 Å². The zero-order valence-electron chi connectivity index (χ0n) is 10.6. The van der Waals surface area contributed by atoms with Gasteiger partial charge in [-0.05, 0) is 18.2 Å². The van der Waals surface area contributed by atoms with E-state index in [9.17, 15) is 19.3 Å². The monoisotopic (exact) mass is 353 g/mol. The van der Waals surface area contributed by atoms with Crippen LogP contribution in [0, 0.1) is 15.9 Å². The molecule has 0 N–H and O–H groups in total. The molecule has 2 aromatic rings. The van der Waals surface area contributed by atoms with Crippen LogP contribution in [0.4, 0.5) is 10.1 Å². The molecule has 7 heteroatoms. The van der Waals surface area contributed by atoms with Gasteiger partial charge in [0.05, 0.1) is 4.92 Å². The molecule has 0 heterocycles. The van der Waals surface area contributed by atoms with Crippen molar-refractivity contribution in [2.45, 2.75) is 0 Å². The van der Waals surface area contributed by atoms with Crippen LogP contribution in [0.2, 0.25) is 0 Å². The molecule has 0 spiro atoms. The summed E-state index contributed by atoms with van der Waals surface area (Å²) in [4.78, 5) is 22.0. The molecular formula is C14H9BrFNO4. The maximum absolute atomic E-state index is 13.1. The number of rotatable bonds is 5. The number of Topliss-reactive ketones (excluding diaryl/α,β-unsaturated/α-hetero) is 1. The number of nitro groups is 1. The molecule has 0 amide bonds. The van der Waals surface area contributed by atoms with Crippen LogP contribution in [0.5, 0.6) is 5.75 Å². The van der Waals surface area contributed by atoms with Crippen LogP contribution in [-0.4, -0.2) is 17.3 Å². The standard InChI is InChI=1S/C14H9BrFNO4/c15-10-3-1-9(2-4-10)13(18)8-21-14-7-11(16)5-6-12(14)17(19)20/h1-7H,8H2. The van der Waals surface area contributed by atoms with E-state index in [2.05, 4.69) is 15.9 Å². The van der Waals surface area contributed by atoms with Crippen LogP contribution < -0.4 is 4.74 Å². The van der Waals surface area contributed by atoms with Crippen molar-refractivity contribution >= 4 is 27.4 Å². The molecule has 0 bridgehead atoms. The zero-order valence-corrected chi connectivity index (χ0v) is 12.2. The minimum Gasteiger partial charge on any atom is -0.478 e. The molecule has 0 radical (unpaired) electrons. The van der Waals surface area contributed by atoms with Gasteiger partial charge < -0.3 is 4.74 Å². The van der Waals surface area contributed by atoms with Gasteiger partial charge in [-0.2, -0.15) is 0 Å². The Labute approximate surface area is 127 Å². The lowest BCUT2D eigenvalue weighted by Crippen LogP contribution is -2.12. The first kappa shape index (κ1) is 15.1. The Kier molecular flexibility index (Phi) is 4.64. The first-order chi connectivity index (χ1) is 9.97.